The van der Waals surface area contributed by atoms with Crippen LogP contribution in [0.15, 0.2) is 23.8 Å². The summed E-state index contributed by atoms with van der Waals surface area (Å²) < 4.78 is 6.08. The van der Waals surface area contributed by atoms with Gasteiger partial charge >= 0.3 is 5.97 Å². The van der Waals surface area contributed by atoms with E-state index < -0.39 is 0 Å². The van der Waals surface area contributed by atoms with Gasteiger partial charge < -0.3 is 4.74 Å². The highest BCUT2D eigenvalue weighted by atomic mass is 16.6. The summed E-state index contributed by atoms with van der Waals surface area (Å²) in [5.74, 6) is 6.04. The molecule has 3 heteroatoms. The minimum Gasteiger partial charge on any atom is -0.451 e. The van der Waals surface area contributed by atoms with E-state index in [0.717, 1.165) is 42.4 Å². The van der Waals surface area contributed by atoms with E-state index in [4.69, 9.17) is 4.74 Å². The van der Waals surface area contributed by atoms with Crippen LogP contribution in [0, 0.1) is 52.8 Å². The van der Waals surface area contributed by atoms with Gasteiger partial charge in [0.1, 0.15) is 5.60 Å². The van der Waals surface area contributed by atoms with Crippen LogP contribution >= 0.6 is 0 Å². The van der Waals surface area contributed by atoms with Crippen LogP contribution in [-0.4, -0.2) is 17.4 Å². The number of allylic oxidation sites excluding steroid dienone is 1. The molecule has 7 rings (SSSR count). The molecule has 0 amide bonds. The first-order chi connectivity index (χ1) is 12.5. The number of carbonyl (C=O) groups excluding carboxylic acids is 2. The van der Waals surface area contributed by atoms with Crippen LogP contribution in [0.1, 0.15) is 45.4 Å². The molecular weight excluding hydrogens is 324 g/mol. The lowest BCUT2D eigenvalue weighted by molar-refractivity contribution is -0.168. The van der Waals surface area contributed by atoms with Crippen LogP contribution in [0.2, 0.25) is 0 Å². The minimum absolute atomic E-state index is 0.122. The average molecular weight is 350 g/mol. The number of carbonyl (C=O) groups is 2. The first-order valence-corrected chi connectivity index (χ1v) is 10.7. The minimum atomic E-state index is -0.298. The van der Waals surface area contributed by atoms with Crippen LogP contribution in [0.25, 0.3) is 0 Å². The van der Waals surface area contributed by atoms with Crippen molar-refractivity contribution < 1.29 is 14.3 Å². The lowest BCUT2D eigenvalue weighted by Crippen LogP contribution is -2.55. The van der Waals surface area contributed by atoms with E-state index >= 15 is 0 Å². The molecule has 5 fully saturated rings. The lowest BCUT2D eigenvalue weighted by Gasteiger charge is -2.56. The van der Waals surface area contributed by atoms with E-state index in [9.17, 15) is 9.59 Å². The molecule has 1 spiro atoms. The van der Waals surface area contributed by atoms with Crippen molar-refractivity contribution in [3.63, 3.8) is 0 Å². The Bertz CT molecular complexity index is 823. The molecule has 26 heavy (non-hydrogen) atoms. The Hall–Kier alpha value is -1.38. The number of ether oxygens (including phenoxy) is 1. The number of hydrogen-bond acceptors (Lipinski definition) is 3. The maximum atomic E-state index is 12.0. The molecule has 136 valence electrons. The maximum absolute atomic E-state index is 12.0. The van der Waals surface area contributed by atoms with Gasteiger partial charge in [0.05, 0.1) is 0 Å². The highest BCUT2D eigenvalue weighted by molar-refractivity contribution is 5.91. The van der Waals surface area contributed by atoms with Gasteiger partial charge in [-0.3, -0.25) is 4.79 Å². The third-order valence-corrected chi connectivity index (χ3v) is 9.86. The SMILES string of the molecule is C[C@]12CCC3C(C1[C@H]1C[C@H]1[C@@]21C=CC(=O)O1)[C@H]1C[C@H]1C1=CC(=O)CC[C@@H]13. The quantitative estimate of drug-likeness (QED) is 0.626. The highest BCUT2D eigenvalue weighted by Crippen LogP contribution is 2.80. The second-order valence-electron chi connectivity index (χ2n) is 10.5. The van der Waals surface area contributed by atoms with E-state index in [2.05, 4.69) is 13.0 Å². The Morgan fingerprint density at radius 1 is 1.08 bits per heavy atom. The first-order valence-electron chi connectivity index (χ1n) is 10.7. The summed E-state index contributed by atoms with van der Waals surface area (Å²) in [4.78, 5) is 24.0. The van der Waals surface area contributed by atoms with E-state index in [0.29, 0.717) is 23.5 Å². The molecule has 0 radical (unpaired) electrons. The molecule has 0 aromatic carbocycles. The van der Waals surface area contributed by atoms with E-state index in [1.807, 2.05) is 6.08 Å². The first kappa shape index (κ1) is 14.6. The molecular formula is C23H26O3. The Morgan fingerprint density at radius 3 is 2.77 bits per heavy atom. The number of fused-ring (bicyclic) bond motifs is 12. The van der Waals surface area contributed by atoms with Crippen molar-refractivity contribution >= 4 is 11.8 Å². The van der Waals surface area contributed by atoms with Crippen LogP contribution in [0.4, 0.5) is 0 Å². The molecule has 3 nitrogen and oxygen atoms in total. The van der Waals surface area contributed by atoms with Crippen molar-refractivity contribution in [3.05, 3.63) is 23.8 Å². The van der Waals surface area contributed by atoms with Gasteiger partial charge in [-0.2, -0.15) is 0 Å². The summed E-state index contributed by atoms with van der Waals surface area (Å²) in [5.41, 5.74) is 1.36. The normalized spacial score (nSPS) is 60.4. The monoisotopic (exact) mass is 350 g/mol. The van der Waals surface area contributed by atoms with Crippen molar-refractivity contribution in [1.29, 1.82) is 0 Å². The van der Waals surface area contributed by atoms with Gasteiger partial charge in [-0.15, -0.1) is 0 Å². The molecule has 0 N–H and O–H groups in total. The van der Waals surface area contributed by atoms with Gasteiger partial charge in [0.15, 0.2) is 5.78 Å². The predicted molar refractivity (Wildman–Crippen MR) is 94.8 cm³/mol. The number of esters is 1. The summed E-state index contributed by atoms with van der Waals surface area (Å²) in [6, 6.07) is 0. The second kappa shape index (κ2) is 4.20. The van der Waals surface area contributed by atoms with Gasteiger partial charge in [-0.1, -0.05) is 12.5 Å². The number of rotatable bonds is 0. The Morgan fingerprint density at radius 2 is 1.96 bits per heavy atom. The van der Waals surface area contributed by atoms with Crippen molar-refractivity contribution in [1.82, 2.24) is 0 Å². The van der Waals surface area contributed by atoms with Crippen molar-refractivity contribution in [2.24, 2.45) is 52.8 Å². The van der Waals surface area contributed by atoms with Crippen LogP contribution in [-0.2, 0) is 14.3 Å². The zero-order chi connectivity index (χ0) is 17.4. The van der Waals surface area contributed by atoms with Crippen molar-refractivity contribution in [2.45, 2.75) is 51.0 Å². The smallest absolute Gasteiger partial charge is 0.331 e. The molecule has 0 saturated heterocycles. The molecule has 6 aliphatic carbocycles. The molecule has 0 bridgehead atoms. The zero-order valence-corrected chi connectivity index (χ0v) is 15.3. The lowest BCUT2D eigenvalue weighted by atomic mass is 9.49. The topological polar surface area (TPSA) is 43.4 Å². The van der Waals surface area contributed by atoms with Crippen LogP contribution in [0.5, 0.6) is 0 Å². The largest absolute Gasteiger partial charge is 0.451 e. The third kappa shape index (κ3) is 1.44. The average Bonchev–Trinajstić information content (AvgIpc) is 3.51. The molecule has 0 aromatic rings. The fourth-order valence-electron chi connectivity index (χ4n) is 8.94. The van der Waals surface area contributed by atoms with Gasteiger partial charge in [0, 0.05) is 23.8 Å². The Labute approximate surface area is 154 Å². The predicted octanol–water partition coefficient (Wildman–Crippen LogP) is 3.69. The van der Waals surface area contributed by atoms with E-state index in [1.165, 1.54) is 31.3 Å². The summed E-state index contributed by atoms with van der Waals surface area (Å²) in [6.07, 6.45) is 12.7. The standard InChI is InChI=1S/C23H26O3/c1-22-6-4-13-12-3-2-11(24)8-14(12)15-9-16(15)20(13)21(22)17-10-18(17)23(22)7-5-19(25)26-23/h5,7-8,12-13,15-18,20-21H,2-4,6,9-10H2,1H3/t12-,13?,15+,16+,17+,18-,20?,21?,22+,23+/m1/s1. The molecule has 0 aromatic heterocycles. The third-order valence-electron chi connectivity index (χ3n) is 9.86. The molecule has 10 atom stereocenters. The zero-order valence-electron chi connectivity index (χ0n) is 15.3. The van der Waals surface area contributed by atoms with Gasteiger partial charge in [-0.25, -0.2) is 4.79 Å². The van der Waals surface area contributed by atoms with Crippen molar-refractivity contribution in [2.75, 3.05) is 0 Å². The van der Waals surface area contributed by atoms with E-state index in [-0.39, 0.29) is 17.0 Å². The fourth-order valence-corrected chi connectivity index (χ4v) is 8.94. The molecule has 1 aliphatic heterocycles. The highest BCUT2D eigenvalue weighted by Gasteiger charge is 2.79. The van der Waals surface area contributed by atoms with Gasteiger partial charge in [-0.05, 0) is 85.7 Å². The fraction of sp³-hybridized carbons (Fsp3) is 0.739. The van der Waals surface area contributed by atoms with Crippen LogP contribution < -0.4 is 0 Å². The maximum Gasteiger partial charge on any atom is 0.331 e. The molecule has 7 aliphatic rings. The van der Waals surface area contributed by atoms with Crippen LogP contribution in [0.3, 0.4) is 0 Å². The second-order valence-corrected chi connectivity index (χ2v) is 10.5. The molecule has 1 heterocycles. The summed E-state index contributed by atoms with van der Waals surface area (Å²) in [6.45, 7) is 2.44. The summed E-state index contributed by atoms with van der Waals surface area (Å²) >= 11 is 0. The molecule has 3 unspecified atom stereocenters. The Kier molecular flexibility index (Phi) is 2.37. The van der Waals surface area contributed by atoms with Gasteiger partial charge in [0.25, 0.3) is 0 Å². The molecule has 5 saturated carbocycles. The Balaban J connectivity index is 1.32. The van der Waals surface area contributed by atoms with E-state index in [1.54, 1.807) is 6.08 Å². The summed E-state index contributed by atoms with van der Waals surface area (Å²) in [7, 11) is 0. The number of hydrogen-bond donors (Lipinski definition) is 0. The van der Waals surface area contributed by atoms with Crippen molar-refractivity contribution in [3.8, 4) is 0 Å². The number of ketones is 1. The van der Waals surface area contributed by atoms with Gasteiger partial charge in [0.2, 0.25) is 0 Å². The summed E-state index contributed by atoms with van der Waals surface area (Å²) in [5, 5.41) is 0.